The highest BCUT2D eigenvalue weighted by Gasteiger charge is 2.20. The van der Waals surface area contributed by atoms with Crippen LogP contribution < -0.4 is 5.32 Å². The number of hydrogen-bond acceptors (Lipinski definition) is 4. The van der Waals surface area contributed by atoms with Crippen LogP contribution in [-0.4, -0.2) is 11.7 Å². The lowest BCUT2D eigenvalue weighted by Crippen LogP contribution is -2.33. The van der Waals surface area contributed by atoms with Crippen LogP contribution in [0.4, 0.5) is 0 Å². The summed E-state index contributed by atoms with van der Waals surface area (Å²) in [5, 5.41) is 15.2. The highest BCUT2D eigenvalue weighted by atomic mass is 15.2. The van der Waals surface area contributed by atoms with Gasteiger partial charge in [-0.1, -0.05) is 127 Å². The van der Waals surface area contributed by atoms with Crippen LogP contribution in [0.25, 0.3) is 33.0 Å². The summed E-state index contributed by atoms with van der Waals surface area (Å²) in [6, 6.07) is 51.8. The Morgan fingerprint density at radius 3 is 2.05 bits per heavy atom. The molecule has 1 aliphatic heterocycles. The maximum atomic E-state index is 9.35. The van der Waals surface area contributed by atoms with Crippen molar-refractivity contribution in [1.29, 1.82) is 5.26 Å². The Morgan fingerprint density at radius 2 is 1.26 bits per heavy atom. The Bertz CT molecular complexity index is 2000. The van der Waals surface area contributed by atoms with E-state index in [1.54, 1.807) is 0 Å². The van der Waals surface area contributed by atoms with E-state index in [2.05, 4.69) is 102 Å². The Hall–Kier alpha value is -5.79. The first kappa shape index (κ1) is 25.2. The molecule has 1 N–H and O–H groups in total. The zero-order chi connectivity index (χ0) is 28.3. The largest absolute Gasteiger partial charge is 0.344 e. The zero-order valence-electron chi connectivity index (χ0n) is 22.8. The number of nitrogens with zero attached hydrogens (tertiary/aromatic N) is 3. The van der Waals surface area contributed by atoms with Gasteiger partial charge in [-0.05, 0) is 56.8 Å². The van der Waals surface area contributed by atoms with Crippen molar-refractivity contribution in [1.82, 2.24) is 5.32 Å². The summed E-state index contributed by atoms with van der Waals surface area (Å²) in [4.78, 5) is 9.92. The molecular weight excluding hydrogens is 512 g/mol. The third-order valence-electron chi connectivity index (χ3n) is 7.56. The van der Waals surface area contributed by atoms with Crippen molar-refractivity contribution in [3.8, 4) is 28.3 Å². The van der Waals surface area contributed by atoms with E-state index >= 15 is 0 Å². The minimum absolute atomic E-state index is 0.225. The lowest BCUT2D eigenvalue weighted by atomic mass is 9.94. The van der Waals surface area contributed by atoms with E-state index in [1.165, 1.54) is 0 Å². The Kier molecular flexibility index (Phi) is 6.60. The van der Waals surface area contributed by atoms with Crippen LogP contribution in [-0.2, 0) is 0 Å². The van der Waals surface area contributed by atoms with Crippen LogP contribution in [0.2, 0.25) is 0 Å². The molecule has 198 valence electrons. The molecule has 4 nitrogen and oxygen atoms in total. The fraction of sp³-hybridized carbons (Fsp3) is 0.0263. The third kappa shape index (κ3) is 4.96. The predicted octanol–water partition coefficient (Wildman–Crippen LogP) is 8.54. The first-order chi connectivity index (χ1) is 20.7. The lowest BCUT2D eigenvalue weighted by Gasteiger charge is -2.23. The van der Waals surface area contributed by atoms with Crippen molar-refractivity contribution in [2.24, 2.45) is 9.98 Å². The van der Waals surface area contributed by atoms with E-state index in [9.17, 15) is 5.26 Å². The predicted molar refractivity (Wildman–Crippen MR) is 171 cm³/mol. The molecule has 6 aromatic carbocycles. The third-order valence-corrected chi connectivity index (χ3v) is 7.56. The first-order valence-electron chi connectivity index (χ1n) is 13.9. The Morgan fingerprint density at radius 1 is 0.571 bits per heavy atom. The molecule has 0 bridgehead atoms. The van der Waals surface area contributed by atoms with Gasteiger partial charge in [-0.3, -0.25) is 0 Å². The molecule has 0 saturated carbocycles. The SMILES string of the molecule is N#Cc1cccc(-c2cccc3cc(-c4ccc(C5=NC(c6ccccc6)NC(c6ccccc6)=N5)cc4)ccc23)c1. The molecule has 1 atom stereocenters. The molecule has 0 aliphatic carbocycles. The van der Waals surface area contributed by atoms with Gasteiger partial charge >= 0.3 is 0 Å². The summed E-state index contributed by atoms with van der Waals surface area (Å²) >= 11 is 0. The van der Waals surface area contributed by atoms with E-state index in [0.29, 0.717) is 11.4 Å². The molecule has 0 spiro atoms. The van der Waals surface area contributed by atoms with Crippen LogP contribution in [0.3, 0.4) is 0 Å². The summed E-state index contributed by atoms with van der Waals surface area (Å²) < 4.78 is 0. The molecule has 6 aromatic rings. The number of rotatable bonds is 5. The Balaban J connectivity index is 1.22. The van der Waals surface area contributed by atoms with Gasteiger partial charge in [0, 0.05) is 11.1 Å². The molecule has 1 aliphatic rings. The van der Waals surface area contributed by atoms with E-state index in [0.717, 1.165) is 55.6 Å². The molecule has 0 aromatic heterocycles. The van der Waals surface area contributed by atoms with Crippen LogP contribution in [0, 0.1) is 11.3 Å². The normalized spacial score (nSPS) is 14.4. The lowest BCUT2D eigenvalue weighted by molar-refractivity contribution is 0.674. The van der Waals surface area contributed by atoms with Gasteiger partial charge in [-0.2, -0.15) is 5.26 Å². The topological polar surface area (TPSA) is 60.5 Å². The average molecular weight is 539 g/mol. The number of amidine groups is 2. The van der Waals surface area contributed by atoms with Crippen molar-refractivity contribution in [3.63, 3.8) is 0 Å². The van der Waals surface area contributed by atoms with Gasteiger partial charge in [0.25, 0.3) is 0 Å². The van der Waals surface area contributed by atoms with Crippen LogP contribution in [0.5, 0.6) is 0 Å². The summed E-state index contributed by atoms with van der Waals surface area (Å²) in [6.45, 7) is 0. The average Bonchev–Trinajstić information content (AvgIpc) is 3.08. The molecule has 0 fully saturated rings. The molecule has 0 saturated heterocycles. The monoisotopic (exact) mass is 538 g/mol. The summed E-state index contributed by atoms with van der Waals surface area (Å²) in [5.41, 5.74) is 8.17. The number of nitrogens with one attached hydrogen (secondary N) is 1. The second-order valence-electron chi connectivity index (χ2n) is 10.2. The maximum Gasteiger partial charge on any atom is 0.159 e. The number of benzene rings is 6. The molecule has 4 heteroatoms. The van der Waals surface area contributed by atoms with Gasteiger partial charge in [0.2, 0.25) is 0 Å². The van der Waals surface area contributed by atoms with Crippen molar-refractivity contribution in [2.75, 3.05) is 0 Å². The van der Waals surface area contributed by atoms with Gasteiger partial charge in [-0.15, -0.1) is 0 Å². The van der Waals surface area contributed by atoms with E-state index in [4.69, 9.17) is 9.98 Å². The van der Waals surface area contributed by atoms with Gasteiger partial charge in [0.1, 0.15) is 12.0 Å². The summed E-state index contributed by atoms with van der Waals surface area (Å²) in [5.74, 6) is 1.51. The molecule has 42 heavy (non-hydrogen) atoms. The second kappa shape index (κ2) is 11.0. The fourth-order valence-electron chi connectivity index (χ4n) is 5.41. The quantitative estimate of drug-likeness (QED) is 0.239. The minimum Gasteiger partial charge on any atom is -0.344 e. The zero-order valence-corrected chi connectivity index (χ0v) is 22.8. The van der Waals surface area contributed by atoms with Crippen molar-refractivity contribution in [2.45, 2.75) is 6.17 Å². The van der Waals surface area contributed by atoms with Crippen LogP contribution in [0.1, 0.15) is 28.4 Å². The van der Waals surface area contributed by atoms with E-state index in [1.807, 2.05) is 54.6 Å². The molecule has 0 radical (unpaired) electrons. The summed E-state index contributed by atoms with van der Waals surface area (Å²) in [7, 11) is 0. The number of nitriles is 1. The second-order valence-corrected chi connectivity index (χ2v) is 10.2. The maximum absolute atomic E-state index is 9.35. The van der Waals surface area contributed by atoms with Gasteiger partial charge in [0.05, 0.1) is 11.6 Å². The molecule has 0 amide bonds. The van der Waals surface area contributed by atoms with Gasteiger partial charge < -0.3 is 5.32 Å². The van der Waals surface area contributed by atoms with Crippen molar-refractivity contribution >= 4 is 22.4 Å². The van der Waals surface area contributed by atoms with E-state index in [-0.39, 0.29) is 6.17 Å². The molecular formula is C38H26N4. The van der Waals surface area contributed by atoms with Gasteiger partial charge in [0.15, 0.2) is 5.84 Å². The standard InChI is InChI=1S/C38H26N4/c39-25-26-9-7-14-32(23-26)34-16-8-15-33-24-31(21-22-35(33)34)27-17-19-30(20-18-27)38-41-36(28-10-3-1-4-11-28)40-37(42-38)29-12-5-2-6-13-29/h1-24,36H,(H,40,41,42). The van der Waals surface area contributed by atoms with Gasteiger partial charge in [-0.25, -0.2) is 9.98 Å². The highest BCUT2D eigenvalue weighted by Crippen LogP contribution is 2.32. The molecule has 1 heterocycles. The number of hydrogen-bond donors (Lipinski definition) is 1. The number of aliphatic imine (C=N–C) groups is 2. The van der Waals surface area contributed by atoms with E-state index < -0.39 is 0 Å². The highest BCUT2D eigenvalue weighted by molar-refractivity contribution is 6.13. The van der Waals surface area contributed by atoms with Crippen LogP contribution >= 0.6 is 0 Å². The molecule has 7 rings (SSSR count). The smallest absolute Gasteiger partial charge is 0.159 e. The number of fused-ring (bicyclic) bond motifs is 1. The fourth-order valence-corrected chi connectivity index (χ4v) is 5.41. The van der Waals surface area contributed by atoms with Crippen molar-refractivity contribution in [3.05, 3.63) is 168 Å². The summed E-state index contributed by atoms with van der Waals surface area (Å²) in [6.07, 6.45) is -0.225. The first-order valence-corrected chi connectivity index (χ1v) is 13.9. The minimum atomic E-state index is -0.225. The van der Waals surface area contributed by atoms with Crippen molar-refractivity contribution < 1.29 is 0 Å². The Labute approximate surface area is 245 Å². The molecule has 1 unspecified atom stereocenters. The van der Waals surface area contributed by atoms with Crippen LogP contribution in [0.15, 0.2) is 156 Å².